The number of nitrogens with zero attached hydrogens (tertiary/aromatic N) is 1. The van der Waals surface area contributed by atoms with Crippen LogP contribution in [0.3, 0.4) is 0 Å². The summed E-state index contributed by atoms with van der Waals surface area (Å²) in [6, 6.07) is 5.80. The summed E-state index contributed by atoms with van der Waals surface area (Å²) in [4.78, 5) is 35.9. The molecule has 1 heterocycles. The van der Waals surface area contributed by atoms with Gasteiger partial charge in [-0.15, -0.1) is 11.3 Å². The van der Waals surface area contributed by atoms with Crippen molar-refractivity contribution in [2.75, 3.05) is 18.5 Å². The van der Waals surface area contributed by atoms with Gasteiger partial charge in [0.2, 0.25) is 0 Å². The van der Waals surface area contributed by atoms with E-state index < -0.39 is 23.4 Å². The number of para-hydroxylation sites is 2. The smallest absolute Gasteiger partial charge is 0.341 e. The molecule has 1 N–H and O–H groups in total. The standard InChI is InChI=1S/C18H20N2O6S/c1-4-14-11(3)16(18(22)25-5-2)17(27-14)19-15(21)10-26-13-9-7-6-8-12(13)20(23)24/h6-9H,4-5,10H2,1-3H3,(H,19,21). The average molecular weight is 392 g/mol. The molecule has 27 heavy (non-hydrogen) atoms. The SMILES string of the molecule is CCOC(=O)c1c(NC(=O)COc2ccccc2[N+](=O)[O-])sc(CC)c1C. The maximum atomic E-state index is 12.3. The third-order valence-corrected chi connectivity index (χ3v) is 5.07. The zero-order chi connectivity index (χ0) is 20.0. The average Bonchev–Trinajstić information content (AvgIpc) is 2.95. The minimum Gasteiger partial charge on any atom is -0.477 e. The molecule has 0 saturated heterocycles. The van der Waals surface area contributed by atoms with Gasteiger partial charge in [0.1, 0.15) is 5.00 Å². The van der Waals surface area contributed by atoms with E-state index in [9.17, 15) is 19.7 Å². The number of nitro benzene ring substituents is 1. The number of carbonyl (C=O) groups excluding carboxylic acids is 2. The lowest BCUT2D eigenvalue weighted by atomic mass is 10.1. The molecule has 1 amide bonds. The van der Waals surface area contributed by atoms with Gasteiger partial charge in [-0.3, -0.25) is 14.9 Å². The van der Waals surface area contributed by atoms with Crippen LogP contribution in [-0.4, -0.2) is 30.0 Å². The quantitative estimate of drug-likeness (QED) is 0.417. The number of nitrogens with one attached hydrogen (secondary N) is 1. The minimum absolute atomic E-state index is 0.000117. The topological polar surface area (TPSA) is 108 Å². The van der Waals surface area contributed by atoms with E-state index in [4.69, 9.17) is 9.47 Å². The van der Waals surface area contributed by atoms with Crippen molar-refractivity contribution in [1.29, 1.82) is 0 Å². The number of aryl methyl sites for hydroxylation is 1. The van der Waals surface area contributed by atoms with E-state index in [0.717, 1.165) is 10.4 Å². The lowest BCUT2D eigenvalue weighted by Crippen LogP contribution is -2.21. The Balaban J connectivity index is 2.14. The van der Waals surface area contributed by atoms with Gasteiger partial charge in [0, 0.05) is 10.9 Å². The van der Waals surface area contributed by atoms with Gasteiger partial charge in [-0.1, -0.05) is 19.1 Å². The van der Waals surface area contributed by atoms with Crippen LogP contribution in [0.2, 0.25) is 0 Å². The number of carbonyl (C=O) groups is 2. The molecule has 0 unspecified atom stereocenters. The lowest BCUT2D eigenvalue weighted by Gasteiger charge is -2.08. The van der Waals surface area contributed by atoms with Crippen LogP contribution in [-0.2, 0) is 16.0 Å². The second-order valence-corrected chi connectivity index (χ2v) is 6.60. The third kappa shape index (κ3) is 4.82. The first-order valence-electron chi connectivity index (χ1n) is 8.34. The summed E-state index contributed by atoms with van der Waals surface area (Å²) in [6.45, 7) is 5.27. The number of thiophene rings is 1. The molecule has 2 rings (SSSR count). The van der Waals surface area contributed by atoms with Gasteiger partial charge in [-0.25, -0.2) is 4.79 Å². The number of esters is 1. The third-order valence-electron chi connectivity index (χ3n) is 3.72. The highest BCUT2D eigenvalue weighted by molar-refractivity contribution is 7.17. The number of hydrogen-bond donors (Lipinski definition) is 1. The van der Waals surface area contributed by atoms with Crippen molar-refractivity contribution in [1.82, 2.24) is 0 Å². The number of hydrogen-bond acceptors (Lipinski definition) is 7. The predicted molar refractivity (Wildman–Crippen MR) is 102 cm³/mol. The Kier molecular flexibility index (Phi) is 6.89. The molecule has 0 atom stereocenters. The largest absolute Gasteiger partial charge is 0.477 e. The highest BCUT2D eigenvalue weighted by atomic mass is 32.1. The van der Waals surface area contributed by atoms with E-state index in [1.54, 1.807) is 19.9 Å². The molecule has 0 bridgehead atoms. The van der Waals surface area contributed by atoms with Gasteiger partial charge in [-0.2, -0.15) is 0 Å². The molecule has 0 aliphatic carbocycles. The van der Waals surface area contributed by atoms with E-state index in [0.29, 0.717) is 17.0 Å². The van der Waals surface area contributed by atoms with Crippen LogP contribution in [0, 0.1) is 17.0 Å². The van der Waals surface area contributed by atoms with Gasteiger partial charge in [0.05, 0.1) is 17.1 Å². The van der Waals surface area contributed by atoms with Gasteiger partial charge in [0.25, 0.3) is 5.91 Å². The summed E-state index contributed by atoms with van der Waals surface area (Å²) in [7, 11) is 0. The van der Waals surface area contributed by atoms with Crippen LogP contribution in [0.4, 0.5) is 10.7 Å². The summed E-state index contributed by atoms with van der Waals surface area (Å²) in [5.41, 5.74) is 0.881. The van der Waals surface area contributed by atoms with E-state index in [1.165, 1.54) is 29.5 Å². The van der Waals surface area contributed by atoms with Crippen molar-refractivity contribution in [3.05, 3.63) is 50.4 Å². The van der Waals surface area contributed by atoms with Gasteiger partial charge < -0.3 is 14.8 Å². The normalized spacial score (nSPS) is 10.3. The van der Waals surface area contributed by atoms with Crippen LogP contribution in [0.1, 0.15) is 34.6 Å². The van der Waals surface area contributed by atoms with Crippen molar-refractivity contribution in [2.24, 2.45) is 0 Å². The van der Waals surface area contributed by atoms with E-state index >= 15 is 0 Å². The molecule has 0 aliphatic rings. The highest BCUT2D eigenvalue weighted by Gasteiger charge is 2.23. The van der Waals surface area contributed by atoms with E-state index in [-0.39, 0.29) is 18.0 Å². The predicted octanol–water partition coefficient (Wildman–Crippen LogP) is 3.72. The first-order valence-corrected chi connectivity index (χ1v) is 9.16. The fourth-order valence-electron chi connectivity index (χ4n) is 2.47. The fourth-order valence-corrected chi connectivity index (χ4v) is 3.62. The molecule has 0 fully saturated rings. The molecule has 0 radical (unpaired) electrons. The molecule has 1 aromatic carbocycles. The maximum Gasteiger partial charge on any atom is 0.341 e. The highest BCUT2D eigenvalue weighted by Crippen LogP contribution is 2.34. The zero-order valence-corrected chi connectivity index (χ0v) is 16.1. The molecular weight excluding hydrogens is 372 g/mol. The van der Waals surface area contributed by atoms with Crippen molar-refractivity contribution >= 4 is 33.9 Å². The van der Waals surface area contributed by atoms with Crippen molar-refractivity contribution in [2.45, 2.75) is 27.2 Å². The Morgan fingerprint density at radius 1 is 1.26 bits per heavy atom. The molecule has 0 spiro atoms. The number of ether oxygens (including phenoxy) is 2. The maximum absolute atomic E-state index is 12.3. The number of rotatable bonds is 8. The summed E-state index contributed by atoms with van der Waals surface area (Å²) >= 11 is 1.30. The fraction of sp³-hybridized carbons (Fsp3) is 0.333. The summed E-state index contributed by atoms with van der Waals surface area (Å²) in [5, 5.41) is 14.0. The second kappa shape index (κ2) is 9.13. The van der Waals surface area contributed by atoms with Crippen LogP contribution in [0.5, 0.6) is 5.75 Å². The number of benzene rings is 1. The van der Waals surface area contributed by atoms with Crippen molar-refractivity contribution < 1.29 is 24.0 Å². The molecule has 9 heteroatoms. The van der Waals surface area contributed by atoms with Crippen LogP contribution >= 0.6 is 11.3 Å². The van der Waals surface area contributed by atoms with E-state index in [2.05, 4.69) is 5.32 Å². The first-order chi connectivity index (χ1) is 12.9. The zero-order valence-electron chi connectivity index (χ0n) is 15.2. The van der Waals surface area contributed by atoms with Gasteiger partial charge >= 0.3 is 11.7 Å². The molecule has 1 aromatic heterocycles. The first kappa shape index (κ1) is 20.4. The molecule has 0 saturated carbocycles. The Morgan fingerprint density at radius 3 is 2.59 bits per heavy atom. The summed E-state index contributed by atoms with van der Waals surface area (Å²) < 4.78 is 10.3. The van der Waals surface area contributed by atoms with Crippen LogP contribution in [0.15, 0.2) is 24.3 Å². The molecule has 144 valence electrons. The van der Waals surface area contributed by atoms with Crippen molar-refractivity contribution in [3.8, 4) is 5.75 Å². The molecule has 8 nitrogen and oxygen atoms in total. The summed E-state index contributed by atoms with van der Waals surface area (Å²) in [5.74, 6) is -1.02. The Morgan fingerprint density at radius 2 is 1.96 bits per heavy atom. The monoisotopic (exact) mass is 392 g/mol. The van der Waals surface area contributed by atoms with Crippen LogP contribution in [0.25, 0.3) is 0 Å². The van der Waals surface area contributed by atoms with E-state index in [1.807, 2.05) is 6.92 Å². The molecule has 2 aromatic rings. The van der Waals surface area contributed by atoms with Gasteiger partial charge in [0.15, 0.2) is 12.4 Å². The number of nitro groups is 1. The number of anilines is 1. The molecule has 0 aliphatic heterocycles. The lowest BCUT2D eigenvalue weighted by molar-refractivity contribution is -0.385. The Bertz CT molecular complexity index is 862. The summed E-state index contributed by atoms with van der Waals surface area (Å²) in [6.07, 6.45) is 0.714. The van der Waals surface area contributed by atoms with Crippen LogP contribution < -0.4 is 10.1 Å². The Labute approximate surface area is 160 Å². The Hall–Kier alpha value is -2.94. The second-order valence-electron chi connectivity index (χ2n) is 5.49. The van der Waals surface area contributed by atoms with Crippen molar-refractivity contribution in [3.63, 3.8) is 0 Å². The minimum atomic E-state index is -0.581. The molecular formula is C18H20N2O6S. The number of amides is 1. The van der Waals surface area contributed by atoms with Gasteiger partial charge in [-0.05, 0) is 31.9 Å².